The maximum Gasteiger partial charge on any atom is 0.269 e. The highest BCUT2D eigenvalue weighted by molar-refractivity contribution is 7.89. The van der Waals surface area contributed by atoms with E-state index in [2.05, 4.69) is 5.32 Å². The average molecular weight is 425 g/mol. The van der Waals surface area contributed by atoms with Gasteiger partial charge in [-0.3, -0.25) is 4.79 Å². The summed E-state index contributed by atoms with van der Waals surface area (Å²) in [4.78, 5) is 12.5. The molecule has 2 aromatic rings. The maximum atomic E-state index is 12.8. The lowest BCUT2D eigenvalue weighted by Crippen LogP contribution is -2.40. The third kappa shape index (κ3) is 4.09. The van der Waals surface area contributed by atoms with E-state index in [1.807, 2.05) is 6.07 Å². The van der Waals surface area contributed by atoms with Crippen molar-refractivity contribution >= 4 is 33.2 Å². The van der Waals surface area contributed by atoms with Crippen LogP contribution in [0.3, 0.4) is 0 Å². The Bertz CT molecular complexity index is 976. The van der Waals surface area contributed by atoms with E-state index in [1.165, 1.54) is 16.4 Å². The number of carbonyl (C=O) groups excluding carboxylic acids is 1. The van der Waals surface area contributed by atoms with Crippen LogP contribution in [0, 0.1) is 0 Å². The van der Waals surface area contributed by atoms with Crippen LogP contribution in [0.5, 0.6) is 11.5 Å². The number of rotatable bonds is 6. The zero-order chi connectivity index (χ0) is 20.3. The number of halogens is 1. The van der Waals surface area contributed by atoms with Crippen molar-refractivity contribution in [2.75, 3.05) is 25.0 Å². The molecule has 0 fully saturated rings. The standard InChI is InChI=1S/C19H21ClN2O5S/c1-3-22(4-2)28(24,25)18-11-13(9-10-14(18)20)21-19(23)17-12-26-15-7-5-6-8-16(15)27-17/h5-11,17H,3-4,12H2,1-2H3,(H,21,23)/t17-/m0/s1. The largest absolute Gasteiger partial charge is 0.485 e. The zero-order valence-electron chi connectivity index (χ0n) is 15.5. The van der Waals surface area contributed by atoms with E-state index in [1.54, 1.807) is 38.1 Å². The number of carbonyl (C=O) groups is 1. The first-order valence-corrected chi connectivity index (χ1v) is 10.7. The summed E-state index contributed by atoms with van der Waals surface area (Å²) in [6, 6.07) is 11.4. The molecule has 0 bridgehead atoms. The van der Waals surface area contributed by atoms with Gasteiger partial charge in [0.05, 0.1) is 5.02 Å². The van der Waals surface area contributed by atoms with Gasteiger partial charge in [-0.2, -0.15) is 4.31 Å². The van der Waals surface area contributed by atoms with Crippen LogP contribution < -0.4 is 14.8 Å². The Hall–Kier alpha value is -2.29. The molecule has 0 aliphatic carbocycles. The number of anilines is 1. The molecule has 1 amide bonds. The topological polar surface area (TPSA) is 84.9 Å². The van der Waals surface area contributed by atoms with Gasteiger partial charge in [0, 0.05) is 18.8 Å². The van der Waals surface area contributed by atoms with Crippen molar-refractivity contribution in [3.8, 4) is 11.5 Å². The second-order valence-corrected chi connectivity index (χ2v) is 8.40. The Labute approximate surface area is 169 Å². The predicted molar refractivity (Wildman–Crippen MR) is 107 cm³/mol. The Morgan fingerprint density at radius 3 is 2.54 bits per heavy atom. The fourth-order valence-corrected chi connectivity index (χ4v) is 4.81. The number of sulfonamides is 1. The van der Waals surface area contributed by atoms with E-state index in [4.69, 9.17) is 21.1 Å². The monoisotopic (exact) mass is 424 g/mol. The molecule has 1 aliphatic heterocycles. The first kappa shape index (κ1) is 20.4. The molecule has 0 aromatic heterocycles. The summed E-state index contributed by atoms with van der Waals surface area (Å²) in [6.45, 7) is 4.19. The molecule has 0 unspecified atom stereocenters. The second kappa shape index (κ2) is 8.38. The number of para-hydroxylation sites is 2. The van der Waals surface area contributed by atoms with Crippen molar-refractivity contribution in [3.05, 3.63) is 47.5 Å². The SMILES string of the molecule is CCN(CC)S(=O)(=O)c1cc(NC(=O)[C@@H]2COc3ccccc3O2)ccc1Cl. The highest BCUT2D eigenvalue weighted by Gasteiger charge is 2.29. The molecular weight excluding hydrogens is 404 g/mol. The van der Waals surface area contributed by atoms with E-state index in [0.29, 0.717) is 30.3 Å². The molecular formula is C19H21ClN2O5S. The van der Waals surface area contributed by atoms with Crippen LogP contribution in [-0.4, -0.2) is 44.4 Å². The lowest BCUT2D eigenvalue weighted by Gasteiger charge is -2.25. The fraction of sp³-hybridized carbons (Fsp3) is 0.316. The van der Waals surface area contributed by atoms with E-state index >= 15 is 0 Å². The minimum absolute atomic E-state index is 0.0539. The van der Waals surface area contributed by atoms with Gasteiger partial charge in [-0.05, 0) is 30.3 Å². The first-order valence-electron chi connectivity index (χ1n) is 8.85. The lowest BCUT2D eigenvalue weighted by molar-refractivity contribution is -0.125. The van der Waals surface area contributed by atoms with Gasteiger partial charge in [0.15, 0.2) is 11.5 Å². The summed E-state index contributed by atoms with van der Waals surface area (Å²) in [5.74, 6) is 0.614. The molecule has 150 valence electrons. The van der Waals surface area contributed by atoms with Gasteiger partial charge in [-0.15, -0.1) is 0 Å². The smallest absolute Gasteiger partial charge is 0.269 e. The molecule has 0 saturated carbocycles. The highest BCUT2D eigenvalue weighted by atomic mass is 35.5. The molecule has 9 heteroatoms. The normalized spacial score (nSPS) is 16.1. The minimum Gasteiger partial charge on any atom is -0.485 e. The van der Waals surface area contributed by atoms with Crippen molar-refractivity contribution in [2.24, 2.45) is 0 Å². The van der Waals surface area contributed by atoms with Crippen molar-refractivity contribution in [1.29, 1.82) is 0 Å². The molecule has 1 heterocycles. The Kier molecular flexibility index (Phi) is 6.12. The van der Waals surface area contributed by atoms with Crippen molar-refractivity contribution in [2.45, 2.75) is 24.8 Å². The van der Waals surface area contributed by atoms with Crippen LogP contribution in [0.15, 0.2) is 47.4 Å². The zero-order valence-corrected chi connectivity index (χ0v) is 17.1. The van der Waals surface area contributed by atoms with Crippen LogP contribution in [0.25, 0.3) is 0 Å². The van der Waals surface area contributed by atoms with Gasteiger partial charge in [-0.25, -0.2) is 8.42 Å². The average Bonchev–Trinajstić information content (AvgIpc) is 2.69. The molecule has 28 heavy (non-hydrogen) atoms. The Morgan fingerprint density at radius 2 is 1.86 bits per heavy atom. The van der Waals surface area contributed by atoms with Gasteiger partial charge in [0.25, 0.3) is 5.91 Å². The summed E-state index contributed by atoms with van der Waals surface area (Å²) in [5.41, 5.74) is 0.308. The second-order valence-electron chi connectivity index (χ2n) is 6.09. The van der Waals surface area contributed by atoms with Gasteiger partial charge < -0.3 is 14.8 Å². The minimum atomic E-state index is -3.76. The van der Waals surface area contributed by atoms with Crippen LogP contribution in [-0.2, 0) is 14.8 Å². The highest BCUT2D eigenvalue weighted by Crippen LogP contribution is 2.32. The van der Waals surface area contributed by atoms with Crippen LogP contribution >= 0.6 is 11.6 Å². The first-order chi connectivity index (χ1) is 13.4. The molecule has 2 aromatic carbocycles. The molecule has 0 saturated heterocycles. The molecule has 1 N–H and O–H groups in total. The number of ether oxygens (including phenoxy) is 2. The van der Waals surface area contributed by atoms with Crippen LogP contribution in [0.2, 0.25) is 5.02 Å². The van der Waals surface area contributed by atoms with Gasteiger partial charge >= 0.3 is 0 Å². The Balaban J connectivity index is 1.79. The number of nitrogens with one attached hydrogen (secondary N) is 1. The third-order valence-corrected chi connectivity index (χ3v) is 6.85. The molecule has 7 nitrogen and oxygen atoms in total. The fourth-order valence-electron chi connectivity index (χ4n) is 2.85. The molecule has 1 aliphatic rings. The number of hydrogen-bond donors (Lipinski definition) is 1. The number of fused-ring (bicyclic) bond motifs is 1. The predicted octanol–water partition coefficient (Wildman–Crippen LogP) is 3.15. The molecule has 3 rings (SSSR count). The number of benzene rings is 2. The summed E-state index contributed by atoms with van der Waals surface area (Å²) < 4.78 is 38.1. The quantitative estimate of drug-likeness (QED) is 0.769. The summed E-state index contributed by atoms with van der Waals surface area (Å²) in [6.07, 6.45) is -0.853. The van der Waals surface area contributed by atoms with E-state index in [0.717, 1.165) is 0 Å². The van der Waals surface area contributed by atoms with Crippen molar-refractivity contribution < 1.29 is 22.7 Å². The molecule has 0 spiro atoms. The molecule has 1 atom stereocenters. The number of amides is 1. The van der Waals surface area contributed by atoms with E-state index in [9.17, 15) is 13.2 Å². The summed E-state index contributed by atoms with van der Waals surface area (Å²) in [5, 5.41) is 2.77. The third-order valence-electron chi connectivity index (χ3n) is 4.32. The van der Waals surface area contributed by atoms with Crippen molar-refractivity contribution in [3.63, 3.8) is 0 Å². The molecule has 0 radical (unpaired) electrons. The van der Waals surface area contributed by atoms with Gasteiger partial charge in [-0.1, -0.05) is 37.6 Å². The summed E-state index contributed by atoms with van der Waals surface area (Å²) in [7, 11) is -3.76. The van der Waals surface area contributed by atoms with E-state index < -0.39 is 22.0 Å². The van der Waals surface area contributed by atoms with Crippen molar-refractivity contribution in [1.82, 2.24) is 4.31 Å². The lowest BCUT2D eigenvalue weighted by atomic mass is 10.2. The number of hydrogen-bond acceptors (Lipinski definition) is 5. The van der Waals surface area contributed by atoms with Crippen LogP contribution in [0.4, 0.5) is 5.69 Å². The van der Waals surface area contributed by atoms with Crippen LogP contribution in [0.1, 0.15) is 13.8 Å². The maximum absolute atomic E-state index is 12.8. The number of nitrogens with zero attached hydrogens (tertiary/aromatic N) is 1. The van der Waals surface area contributed by atoms with E-state index in [-0.39, 0.29) is 16.5 Å². The van der Waals surface area contributed by atoms with Gasteiger partial charge in [0.2, 0.25) is 16.1 Å². The van der Waals surface area contributed by atoms with Gasteiger partial charge in [0.1, 0.15) is 11.5 Å². The Morgan fingerprint density at radius 1 is 1.18 bits per heavy atom. The summed E-state index contributed by atoms with van der Waals surface area (Å²) >= 11 is 6.12.